The summed E-state index contributed by atoms with van der Waals surface area (Å²) in [5, 5.41) is 11.6. The number of hydrogen-bond acceptors (Lipinski definition) is 2. The van der Waals surface area contributed by atoms with Gasteiger partial charge in [-0.3, -0.25) is 4.98 Å². The Kier molecular flexibility index (Phi) is 4.46. The number of benzene rings is 1. The van der Waals surface area contributed by atoms with Crippen molar-refractivity contribution in [3.05, 3.63) is 62.9 Å². The molecule has 2 aromatic rings. The molecular formula is C13H10Cl3NO. The summed E-state index contributed by atoms with van der Waals surface area (Å²) in [6, 6.07) is 8.67. The molecule has 1 N–H and O–H groups in total. The zero-order valence-electron chi connectivity index (χ0n) is 9.28. The Morgan fingerprint density at radius 1 is 1.06 bits per heavy atom. The van der Waals surface area contributed by atoms with Crippen molar-refractivity contribution in [2.75, 3.05) is 0 Å². The molecule has 0 aliphatic carbocycles. The molecule has 0 saturated heterocycles. The fraction of sp³-hybridized carbons (Fsp3) is 0.154. The lowest BCUT2D eigenvalue weighted by Crippen LogP contribution is -2.03. The zero-order chi connectivity index (χ0) is 13.1. The van der Waals surface area contributed by atoms with Crippen LogP contribution in [0.1, 0.15) is 17.4 Å². The normalized spacial score (nSPS) is 12.4. The molecule has 1 atom stereocenters. The average Bonchev–Trinajstić information content (AvgIpc) is 2.34. The van der Waals surface area contributed by atoms with Gasteiger partial charge in [0.15, 0.2) is 0 Å². The van der Waals surface area contributed by atoms with Gasteiger partial charge in [-0.1, -0.05) is 40.9 Å². The van der Waals surface area contributed by atoms with Crippen LogP contribution in [0.15, 0.2) is 36.5 Å². The maximum absolute atomic E-state index is 10.0. The van der Waals surface area contributed by atoms with Crippen LogP contribution in [-0.2, 0) is 6.42 Å². The van der Waals surface area contributed by atoms with Crippen molar-refractivity contribution in [1.82, 2.24) is 4.98 Å². The number of aliphatic hydroxyl groups is 1. The first-order valence-corrected chi connectivity index (χ1v) is 6.43. The van der Waals surface area contributed by atoms with E-state index < -0.39 is 6.10 Å². The van der Waals surface area contributed by atoms with Crippen molar-refractivity contribution >= 4 is 34.8 Å². The monoisotopic (exact) mass is 301 g/mol. The van der Waals surface area contributed by atoms with Crippen LogP contribution in [-0.4, -0.2) is 10.1 Å². The second-order valence-corrected chi connectivity index (χ2v) is 5.12. The first kappa shape index (κ1) is 13.6. The minimum absolute atomic E-state index is 0.422. The Bertz CT molecular complexity index is 542. The minimum atomic E-state index is -0.695. The predicted molar refractivity (Wildman–Crippen MR) is 74.4 cm³/mol. The highest BCUT2D eigenvalue weighted by atomic mass is 35.5. The Labute approximate surface area is 120 Å². The number of hydrogen-bond donors (Lipinski definition) is 1. The fourth-order valence-electron chi connectivity index (χ4n) is 1.58. The van der Waals surface area contributed by atoms with Gasteiger partial charge >= 0.3 is 0 Å². The lowest BCUT2D eigenvalue weighted by atomic mass is 10.1. The lowest BCUT2D eigenvalue weighted by molar-refractivity contribution is 0.173. The quantitative estimate of drug-likeness (QED) is 0.916. The van der Waals surface area contributed by atoms with E-state index in [0.717, 1.165) is 5.56 Å². The highest BCUT2D eigenvalue weighted by Crippen LogP contribution is 2.25. The summed E-state index contributed by atoms with van der Waals surface area (Å²) in [5.74, 6) is 0. The highest BCUT2D eigenvalue weighted by molar-refractivity contribution is 6.42. The van der Waals surface area contributed by atoms with Crippen LogP contribution in [0.2, 0.25) is 15.1 Å². The third-order valence-electron chi connectivity index (χ3n) is 2.50. The van der Waals surface area contributed by atoms with Gasteiger partial charge in [-0.25, -0.2) is 0 Å². The summed E-state index contributed by atoms with van der Waals surface area (Å²) in [5.41, 5.74) is 1.47. The van der Waals surface area contributed by atoms with Crippen LogP contribution < -0.4 is 0 Å². The first-order chi connectivity index (χ1) is 8.56. The summed E-state index contributed by atoms with van der Waals surface area (Å²) in [6.45, 7) is 0. The van der Waals surface area contributed by atoms with Crippen molar-refractivity contribution in [2.24, 2.45) is 0 Å². The first-order valence-electron chi connectivity index (χ1n) is 5.29. The molecule has 0 aliphatic rings. The van der Waals surface area contributed by atoms with E-state index >= 15 is 0 Å². The second kappa shape index (κ2) is 5.89. The van der Waals surface area contributed by atoms with Crippen LogP contribution in [0.4, 0.5) is 0 Å². The molecule has 5 heteroatoms. The number of halogens is 3. The van der Waals surface area contributed by atoms with Crippen LogP contribution in [0.25, 0.3) is 0 Å². The van der Waals surface area contributed by atoms with Gasteiger partial charge in [-0.15, -0.1) is 0 Å². The largest absolute Gasteiger partial charge is 0.386 e. The van der Waals surface area contributed by atoms with Gasteiger partial charge in [0, 0.05) is 12.6 Å². The van der Waals surface area contributed by atoms with Crippen LogP contribution in [0.3, 0.4) is 0 Å². The van der Waals surface area contributed by atoms with Crippen LogP contribution >= 0.6 is 34.8 Å². The van der Waals surface area contributed by atoms with Crippen LogP contribution in [0, 0.1) is 0 Å². The molecule has 18 heavy (non-hydrogen) atoms. The molecule has 0 radical (unpaired) electrons. The zero-order valence-corrected chi connectivity index (χ0v) is 11.5. The molecule has 94 valence electrons. The van der Waals surface area contributed by atoms with Crippen molar-refractivity contribution in [2.45, 2.75) is 12.5 Å². The molecule has 1 aromatic heterocycles. The maximum atomic E-state index is 10.0. The smallest absolute Gasteiger partial charge is 0.0999 e. The summed E-state index contributed by atoms with van der Waals surface area (Å²) >= 11 is 17.5. The Morgan fingerprint density at radius 3 is 2.44 bits per heavy atom. The van der Waals surface area contributed by atoms with Gasteiger partial charge < -0.3 is 5.11 Å². The third kappa shape index (κ3) is 3.36. The molecule has 1 unspecified atom stereocenters. The molecule has 0 amide bonds. The Balaban J connectivity index is 2.13. The molecule has 0 aliphatic heterocycles. The maximum Gasteiger partial charge on any atom is 0.0999 e. The number of aliphatic hydroxyl groups excluding tert-OH is 1. The molecule has 0 saturated carbocycles. The SMILES string of the molecule is OC(Cc1ccc(Cl)c(Cl)c1)c1ccc(Cl)cn1. The van der Waals surface area contributed by atoms with E-state index in [1.807, 2.05) is 6.07 Å². The van der Waals surface area contributed by atoms with E-state index in [1.165, 1.54) is 6.20 Å². The van der Waals surface area contributed by atoms with Crippen molar-refractivity contribution in [3.8, 4) is 0 Å². The third-order valence-corrected chi connectivity index (χ3v) is 3.47. The summed E-state index contributed by atoms with van der Waals surface area (Å²) in [7, 11) is 0. The van der Waals surface area contributed by atoms with Crippen molar-refractivity contribution < 1.29 is 5.11 Å². The van der Waals surface area contributed by atoms with Gasteiger partial charge in [0.2, 0.25) is 0 Å². The van der Waals surface area contributed by atoms with Gasteiger partial charge in [0.25, 0.3) is 0 Å². The lowest BCUT2D eigenvalue weighted by Gasteiger charge is -2.10. The topological polar surface area (TPSA) is 33.1 Å². The van der Waals surface area contributed by atoms with Crippen molar-refractivity contribution in [3.63, 3.8) is 0 Å². The van der Waals surface area contributed by atoms with Crippen LogP contribution in [0.5, 0.6) is 0 Å². The molecule has 0 spiro atoms. The van der Waals surface area contributed by atoms with Crippen molar-refractivity contribution in [1.29, 1.82) is 0 Å². The molecule has 2 nitrogen and oxygen atoms in total. The van der Waals surface area contributed by atoms with Gasteiger partial charge in [0.1, 0.15) is 0 Å². The molecule has 0 bridgehead atoms. The molecule has 2 rings (SSSR count). The average molecular weight is 303 g/mol. The minimum Gasteiger partial charge on any atom is -0.386 e. The molecule has 0 fully saturated rings. The number of pyridine rings is 1. The Hall–Kier alpha value is -0.800. The summed E-state index contributed by atoms with van der Waals surface area (Å²) < 4.78 is 0. The highest BCUT2D eigenvalue weighted by Gasteiger charge is 2.11. The van der Waals surface area contributed by atoms with E-state index in [-0.39, 0.29) is 0 Å². The number of aromatic nitrogens is 1. The Morgan fingerprint density at radius 2 is 1.83 bits per heavy atom. The standard InChI is InChI=1S/C13H10Cl3NO/c14-9-2-4-12(17-7-9)13(18)6-8-1-3-10(15)11(16)5-8/h1-5,7,13,18H,6H2. The van der Waals surface area contributed by atoms with E-state index in [9.17, 15) is 5.11 Å². The fourth-order valence-corrected chi connectivity index (χ4v) is 2.01. The van der Waals surface area contributed by atoms with E-state index in [2.05, 4.69) is 4.98 Å². The summed E-state index contributed by atoms with van der Waals surface area (Å²) in [4.78, 5) is 4.07. The second-order valence-electron chi connectivity index (χ2n) is 3.87. The number of rotatable bonds is 3. The molecular weight excluding hydrogens is 293 g/mol. The van der Waals surface area contributed by atoms with E-state index in [0.29, 0.717) is 27.2 Å². The van der Waals surface area contributed by atoms with Gasteiger partial charge in [-0.2, -0.15) is 0 Å². The van der Waals surface area contributed by atoms with E-state index in [4.69, 9.17) is 34.8 Å². The molecule has 1 aromatic carbocycles. The van der Waals surface area contributed by atoms with Gasteiger partial charge in [-0.05, 0) is 29.8 Å². The van der Waals surface area contributed by atoms with E-state index in [1.54, 1.807) is 24.3 Å². The predicted octanol–water partition coefficient (Wildman–Crippen LogP) is 4.32. The summed E-state index contributed by atoms with van der Waals surface area (Å²) in [6.07, 6.45) is 1.24. The number of nitrogens with zero attached hydrogens (tertiary/aromatic N) is 1. The molecule has 1 heterocycles. The van der Waals surface area contributed by atoms with Gasteiger partial charge in [0.05, 0.1) is 26.9 Å².